The van der Waals surface area contributed by atoms with Crippen molar-refractivity contribution in [3.8, 4) is 5.75 Å². The minimum Gasteiger partial charge on any atom is -0.483 e. The summed E-state index contributed by atoms with van der Waals surface area (Å²) in [6.07, 6.45) is 1.27. The molecule has 0 radical (unpaired) electrons. The highest BCUT2D eigenvalue weighted by molar-refractivity contribution is 6.39. The number of nitrogens with one attached hydrogen (secondary N) is 2. The van der Waals surface area contributed by atoms with Crippen LogP contribution in [-0.2, 0) is 14.4 Å². The molecule has 2 N–H and O–H groups in total. The molecule has 1 aliphatic heterocycles. The first-order chi connectivity index (χ1) is 16.4. The minimum absolute atomic E-state index is 0.101. The third-order valence-electron chi connectivity index (χ3n) is 4.82. The highest BCUT2D eigenvalue weighted by atomic mass is 19.1. The van der Waals surface area contributed by atoms with Gasteiger partial charge in [-0.3, -0.25) is 19.7 Å². The van der Waals surface area contributed by atoms with E-state index in [9.17, 15) is 23.6 Å². The number of rotatable bonds is 6. The molecule has 3 aromatic carbocycles. The fourth-order valence-corrected chi connectivity index (χ4v) is 3.23. The molecule has 8 nitrogen and oxygen atoms in total. The number of para-hydroxylation sites is 2. The topological polar surface area (TPSA) is 105 Å². The zero-order valence-electron chi connectivity index (χ0n) is 17.7. The minimum atomic E-state index is -0.944. The average Bonchev–Trinajstić information content (AvgIpc) is 2.83. The number of carbonyl (C=O) groups is 4. The van der Waals surface area contributed by atoms with E-state index in [1.807, 2.05) is 6.07 Å². The maximum absolute atomic E-state index is 13.3. The quantitative estimate of drug-likeness (QED) is 0.434. The molecule has 4 rings (SSSR count). The molecular formula is C25H18FN3O5. The Bertz CT molecular complexity index is 1290. The molecule has 170 valence electrons. The van der Waals surface area contributed by atoms with Gasteiger partial charge in [0.15, 0.2) is 6.61 Å². The first kappa shape index (κ1) is 22.4. The van der Waals surface area contributed by atoms with E-state index < -0.39 is 29.6 Å². The molecule has 3 aromatic rings. The standard InChI is InChI=1S/C25H18FN3O5/c26-17-10-12-19(13-11-17)29-24(32)20(23(31)28-25(29)33)14-16-6-4-5-9-21(16)34-15-22(30)27-18-7-2-1-3-8-18/h1-14H,15H2,(H,27,30)(H,28,31,33)/b20-14+. The largest absolute Gasteiger partial charge is 0.483 e. The van der Waals surface area contributed by atoms with Gasteiger partial charge in [0.25, 0.3) is 17.7 Å². The van der Waals surface area contributed by atoms with Crippen LogP contribution in [0.5, 0.6) is 5.75 Å². The summed E-state index contributed by atoms with van der Waals surface area (Å²) in [6.45, 7) is -0.310. The monoisotopic (exact) mass is 459 g/mol. The Hall–Kier alpha value is -4.79. The number of ether oxygens (including phenoxy) is 1. The van der Waals surface area contributed by atoms with Crippen molar-refractivity contribution in [3.63, 3.8) is 0 Å². The van der Waals surface area contributed by atoms with Crippen molar-refractivity contribution in [2.75, 3.05) is 16.8 Å². The summed E-state index contributed by atoms with van der Waals surface area (Å²) in [7, 11) is 0. The van der Waals surface area contributed by atoms with E-state index in [4.69, 9.17) is 4.74 Å². The van der Waals surface area contributed by atoms with Gasteiger partial charge in [-0.25, -0.2) is 14.1 Å². The van der Waals surface area contributed by atoms with Crippen molar-refractivity contribution < 1.29 is 28.3 Å². The van der Waals surface area contributed by atoms with Crippen molar-refractivity contribution >= 4 is 41.2 Å². The van der Waals surface area contributed by atoms with Crippen molar-refractivity contribution in [1.82, 2.24) is 5.32 Å². The second-order valence-electron chi connectivity index (χ2n) is 7.17. The zero-order valence-corrected chi connectivity index (χ0v) is 17.7. The third kappa shape index (κ3) is 4.99. The van der Waals surface area contributed by atoms with Gasteiger partial charge < -0.3 is 10.1 Å². The van der Waals surface area contributed by atoms with Crippen LogP contribution in [0, 0.1) is 5.82 Å². The third-order valence-corrected chi connectivity index (χ3v) is 4.82. The van der Waals surface area contributed by atoms with Gasteiger partial charge in [0.1, 0.15) is 17.1 Å². The Labute approximate surface area is 193 Å². The Morgan fingerprint density at radius 1 is 0.941 bits per heavy atom. The molecule has 0 atom stereocenters. The fourth-order valence-electron chi connectivity index (χ4n) is 3.23. The molecule has 1 aliphatic rings. The Balaban J connectivity index is 1.55. The smallest absolute Gasteiger partial charge is 0.335 e. The Morgan fingerprint density at radius 3 is 2.35 bits per heavy atom. The zero-order chi connectivity index (χ0) is 24.1. The SMILES string of the molecule is O=C(COc1ccccc1/C=C1\C(=O)NC(=O)N(c2ccc(F)cc2)C1=O)Nc1ccccc1. The number of amides is 5. The Kier molecular flexibility index (Phi) is 6.45. The van der Waals surface area contributed by atoms with Crippen LogP contribution in [0.15, 0.2) is 84.4 Å². The first-order valence-electron chi connectivity index (χ1n) is 10.2. The van der Waals surface area contributed by atoms with Gasteiger partial charge >= 0.3 is 6.03 Å². The van der Waals surface area contributed by atoms with Gasteiger partial charge in [0.05, 0.1) is 5.69 Å². The van der Waals surface area contributed by atoms with Crippen LogP contribution in [-0.4, -0.2) is 30.4 Å². The maximum Gasteiger partial charge on any atom is 0.335 e. The highest BCUT2D eigenvalue weighted by Crippen LogP contribution is 2.25. The van der Waals surface area contributed by atoms with Gasteiger partial charge in [-0.15, -0.1) is 0 Å². The van der Waals surface area contributed by atoms with Gasteiger partial charge in [-0.05, 0) is 48.5 Å². The van der Waals surface area contributed by atoms with E-state index in [1.54, 1.807) is 48.5 Å². The number of halogens is 1. The van der Waals surface area contributed by atoms with Gasteiger partial charge in [0.2, 0.25) is 0 Å². The van der Waals surface area contributed by atoms with E-state index in [-0.39, 0.29) is 23.6 Å². The van der Waals surface area contributed by atoms with Gasteiger partial charge in [-0.2, -0.15) is 0 Å². The van der Waals surface area contributed by atoms with Crippen LogP contribution in [0.2, 0.25) is 0 Å². The maximum atomic E-state index is 13.3. The highest BCUT2D eigenvalue weighted by Gasteiger charge is 2.37. The molecule has 0 saturated carbocycles. The Morgan fingerprint density at radius 2 is 1.62 bits per heavy atom. The summed E-state index contributed by atoms with van der Waals surface area (Å²) in [5.74, 6) is -2.44. The predicted octanol–water partition coefficient (Wildman–Crippen LogP) is 3.51. The van der Waals surface area contributed by atoms with Crippen molar-refractivity contribution in [2.45, 2.75) is 0 Å². The summed E-state index contributed by atoms with van der Waals surface area (Å²) < 4.78 is 18.9. The first-order valence-corrected chi connectivity index (χ1v) is 10.2. The fraction of sp³-hybridized carbons (Fsp3) is 0.0400. The number of hydrogen-bond acceptors (Lipinski definition) is 5. The number of benzene rings is 3. The van der Waals surface area contributed by atoms with Crippen LogP contribution in [0.1, 0.15) is 5.56 Å². The van der Waals surface area contributed by atoms with Crippen molar-refractivity contribution in [1.29, 1.82) is 0 Å². The van der Waals surface area contributed by atoms with Crippen LogP contribution >= 0.6 is 0 Å². The number of imide groups is 2. The number of barbiturate groups is 1. The second-order valence-corrected chi connectivity index (χ2v) is 7.17. The van der Waals surface area contributed by atoms with E-state index in [0.29, 0.717) is 11.3 Å². The molecule has 34 heavy (non-hydrogen) atoms. The number of hydrogen-bond donors (Lipinski definition) is 2. The molecule has 1 heterocycles. The number of urea groups is 1. The molecule has 0 aliphatic carbocycles. The molecule has 0 unspecified atom stereocenters. The summed E-state index contributed by atoms with van der Waals surface area (Å²) in [5, 5.41) is 4.79. The average molecular weight is 459 g/mol. The van der Waals surface area contributed by atoms with Crippen LogP contribution < -0.4 is 20.3 Å². The van der Waals surface area contributed by atoms with E-state index in [0.717, 1.165) is 17.0 Å². The molecule has 5 amide bonds. The van der Waals surface area contributed by atoms with Gasteiger partial charge in [-0.1, -0.05) is 36.4 Å². The lowest BCUT2D eigenvalue weighted by molar-refractivity contribution is -0.122. The molecule has 1 fully saturated rings. The molecular weight excluding hydrogens is 441 g/mol. The van der Waals surface area contributed by atoms with Crippen molar-refractivity contribution in [2.24, 2.45) is 0 Å². The lowest BCUT2D eigenvalue weighted by Gasteiger charge is -2.26. The normalized spacial score (nSPS) is 14.7. The molecule has 9 heteroatoms. The molecule has 0 spiro atoms. The van der Waals surface area contributed by atoms with Crippen LogP contribution in [0.4, 0.5) is 20.6 Å². The molecule has 1 saturated heterocycles. The lowest BCUT2D eigenvalue weighted by atomic mass is 10.1. The molecule has 0 bridgehead atoms. The number of carbonyl (C=O) groups excluding carboxylic acids is 4. The summed E-state index contributed by atoms with van der Waals surface area (Å²) in [6, 6.07) is 19.1. The van der Waals surface area contributed by atoms with Crippen molar-refractivity contribution in [3.05, 3.63) is 95.8 Å². The number of anilines is 2. The van der Waals surface area contributed by atoms with Gasteiger partial charge in [0, 0.05) is 11.3 Å². The van der Waals surface area contributed by atoms with Crippen LogP contribution in [0.3, 0.4) is 0 Å². The summed E-state index contributed by atoms with van der Waals surface area (Å²) >= 11 is 0. The second kappa shape index (κ2) is 9.78. The lowest BCUT2D eigenvalue weighted by Crippen LogP contribution is -2.54. The van der Waals surface area contributed by atoms with E-state index >= 15 is 0 Å². The predicted molar refractivity (Wildman–Crippen MR) is 122 cm³/mol. The number of nitrogens with zero attached hydrogens (tertiary/aromatic N) is 1. The van der Waals surface area contributed by atoms with Crippen LogP contribution in [0.25, 0.3) is 6.08 Å². The summed E-state index contributed by atoms with van der Waals surface area (Å²) in [5.41, 5.74) is 0.738. The molecule has 0 aromatic heterocycles. The van der Waals surface area contributed by atoms with E-state index in [1.165, 1.54) is 18.2 Å². The summed E-state index contributed by atoms with van der Waals surface area (Å²) in [4.78, 5) is 50.6. The van der Waals surface area contributed by atoms with E-state index in [2.05, 4.69) is 10.6 Å².